The first kappa shape index (κ1) is 14.2. The van der Waals surface area contributed by atoms with Crippen molar-refractivity contribution in [1.82, 2.24) is 4.90 Å². The predicted octanol–water partition coefficient (Wildman–Crippen LogP) is 2.67. The summed E-state index contributed by atoms with van der Waals surface area (Å²) < 4.78 is 0.866. The van der Waals surface area contributed by atoms with Gasteiger partial charge in [0.25, 0.3) is 5.91 Å². The van der Waals surface area contributed by atoms with Crippen molar-refractivity contribution in [3.05, 3.63) is 33.4 Å². The van der Waals surface area contributed by atoms with Gasteiger partial charge in [0.15, 0.2) is 0 Å². The highest BCUT2D eigenvalue weighted by atomic mass is 127. The van der Waals surface area contributed by atoms with Crippen LogP contribution in [0.5, 0.6) is 0 Å². The van der Waals surface area contributed by atoms with Gasteiger partial charge >= 0.3 is 5.97 Å². The highest BCUT2D eigenvalue weighted by Crippen LogP contribution is 2.46. The number of rotatable bonds is 3. The molecule has 1 saturated heterocycles. The van der Waals surface area contributed by atoms with Gasteiger partial charge in [0, 0.05) is 9.32 Å². The summed E-state index contributed by atoms with van der Waals surface area (Å²) in [4.78, 5) is 25.8. The molecule has 1 saturated carbocycles. The smallest absolute Gasteiger partial charge is 0.327 e. The van der Waals surface area contributed by atoms with Crippen LogP contribution in [-0.2, 0) is 4.79 Å². The number of thioether (sulfide) groups is 1. The third kappa shape index (κ3) is 2.55. The van der Waals surface area contributed by atoms with Crippen molar-refractivity contribution in [3.8, 4) is 0 Å². The van der Waals surface area contributed by atoms with Crippen molar-refractivity contribution in [2.75, 3.05) is 5.75 Å². The highest BCUT2D eigenvalue weighted by Gasteiger charge is 2.48. The molecule has 106 valence electrons. The lowest BCUT2D eigenvalue weighted by Gasteiger charge is -2.27. The van der Waals surface area contributed by atoms with E-state index in [1.165, 1.54) is 0 Å². The number of halogens is 1. The molecule has 2 atom stereocenters. The minimum absolute atomic E-state index is 0.0274. The number of aliphatic carboxylic acids is 1. The van der Waals surface area contributed by atoms with E-state index in [-0.39, 0.29) is 11.3 Å². The van der Waals surface area contributed by atoms with Gasteiger partial charge < -0.3 is 10.0 Å². The fourth-order valence-electron chi connectivity index (χ4n) is 2.49. The average Bonchev–Trinajstić information content (AvgIpc) is 3.17. The van der Waals surface area contributed by atoms with Crippen molar-refractivity contribution in [1.29, 1.82) is 0 Å². The lowest BCUT2D eigenvalue weighted by molar-refractivity contribution is -0.141. The molecule has 0 aromatic heterocycles. The van der Waals surface area contributed by atoms with E-state index in [4.69, 9.17) is 0 Å². The monoisotopic (exact) mass is 403 g/mol. The minimum atomic E-state index is -0.903. The lowest BCUT2D eigenvalue weighted by Crippen LogP contribution is -2.46. The van der Waals surface area contributed by atoms with E-state index in [9.17, 15) is 14.7 Å². The first-order chi connectivity index (χ1) is 9.59. The summed E-state index contributed by atoms with van der Waals surface area (Å²) in [5.74, 6) is -0.0926. The SMILES string of the molecule is O=C(O)C1CSC(C2CC2)N1C(=O)c1ccccc1I. The van der Waals surface area contributed by atoms with Gasteiger partial charge in [-0.2, -0.15) is 0 Å². The molecule has 0 bridgehead atoms. The Hall–Kier alpha value is -0.760. The molecular formula is C14H14INO3S. The van der Waals surface area contributed by atoms with E-state index in [2.05, 4.69) is 22.6 Å². The molecule has 1 aromatic carbocycles. The van der Waals surface area contributed by atoms with Crippen LogP contribution in [0.3, 0.4) is 0 Å². The molecular weight excluding hydrogens is 389 g/mol. The van der Waals surface area contributed by atoms with Gasteiger partial charge in [-0.15, -0.1) is 11.8 Å². The zero-order chi connectivity index (χ0) is 14.3. The number of hydrogen-bond donors (Lipinski definition) is 1. The Morgan fingerprint density at radius 3 is 2.60 bits per heavy atom. The Labute approximate surface area is 135 Å². The highest BCUT2D eigenvalue weighted by molar-refractivity contribution is 14.1. The fraction of sp³-hybridized carbons (Fsp3) is 0.429. The van der Waals surface area contributed by atoms with E-state index in [0.29, 0.717) is 17.2 Å². The summed E-state index contributed by atoms with van der Waals surface area (Å²) in [6, 6.07) is 6.65. The number of hydrogen-bond acceptors (Lipinski definition) is 3. The minimum Gasteiger partial charge on any atom is -0.480 e. The molecule has 1 aliphatic carbocycles. The Balaban J connectivity index is 1.93. The first-order valence-corrected chi connectivity index (χ1v) is 8.64. The number of amides is 1. The summed E-state index contributed by atoms with van der Waals surface area (Å²) in [6.07, 6.45) is 2.19. The van der Waals surface area contributed by atoms with E-state index in [0.717, 1.165) is 16.4 Å². The van der Waals surface area contributed by atoms with Gasteiger partial charge in [0.1, 0.15) is 6.04 Å². The van der Waals surface area contributed by atoms with E-state index in [1.54, 1.807) is 22.7 Å². The Morgan fingerprint density at radius 2 is 2.00 bits per heavy atom. The third-order valence-corrected chi connectivity index (χ3v) is 6.09. The second kappa shape index (κ2) is 5.55. The zero-order valence-electron chi connectivity index (χ0n) is 10.7. The average molecular weight is 403 g/mol. The van der Waals surface area contributed by atoms with Crippen molar-refractivity contribution in [2.45, 2.75) is 24.3 Å². The molecule has 2 fully saturated rings. The van der Waals surface area contributed by atoms with Crippen LogP contribution in [0, 0.1) is 9.49 Å². The summed E-state index contributed by atoms with van der Waals surface area (Å²) in [7, 11) is 0. The number of carboxylic acids is 1. The van der Waals surface area contributed by atoms with Gasteiger partial charge in [-0.3, -0.25) is 4.79 Å². The maximum absolute atomic E-state index is 12.8. The molecule has 0 radical (unpaired) electrons. The number of nitrogens with zero attached hydrogens (tertiary/aromatic N) is 1. The topological polar surface area (TPSA) is 57.6 Å². The van der Waals surface area contributed by atoms with Crippen LogP contribution in [0.2, 0.25) is 0 Å². The summed E-state index contributed by atoms with van der Waals surface area (Å²) >= 11 is 3.73. The molecule has 3 rings (SSSR count). The van der Waals surface area contributed by atoms with Crippen LogP contribution in [0.4, 0.5) is 0 Å². The molecule has 1 aromatic rings. The first-order valence-electron chi connectivity index (χ1n) is 6.51. The molecule has 4 nitrogen and oxygen atoms in total. The largest absolute Gasteiger partial charge is 0.480 e. The molecule has 2 aliphatic rings. The number of carbonyl (C=O) groups excluding carboxylic acids is 1. The second-order valence-electron chi connectivity index (χ2n) is 5.11. The molecule has 1 N–H and O–H groups in total. The summed E-state index contributed by atoms with van der Waals surface area (Å²) in [6.45, 7) is 0. The van der Waals surface area contributed by atoms with Crippen molar-refractivity contribution in [3.63, 3.8) is 0 Å². The predicted molar refractivity (Wildman–Crippen MR) is 85.7 cm³/mol. The molecule has 2 unspecified atom stereocenters. The molecule has 1 heterocycles. The van der Waals surface area contributed by atoms with Crippen LogP contribution in [0.1, 0.15) is 23.2 Å². The standard InChI is InChI=1S/C14H14INO3S/c15-10-4-2-1-3-9(10)12(17)16-11(14(18)19)7-20-13(16)8-5-6-8/h1-4,8,11,13H,5-7H2,(H,18,19). The van der Waals surface area contributed by atoms with Crippen LogP contribution in [0.25, 0.3) is 0 Å². The summed E-state index contributed by atoms with van der Waals surface area (Å²) in [5, 5.41) is 9.39. The van der Waals surface area contributed by atoms with Crippen LogP contribution in [-0.4, -0.2) is 39.1 Å². The third-order valence-electron chi connectivity index (χ3n) is 3.68. The maximum Gasteiger partial charge on any atom is 0.327 e. The zero-order valence-corrected chi connectivity index (χ0v) is 13.6. The molecule has 1 amide bonds. The van der Waals surface area contributed by atoms with Gasteiger partial charge in [-0.05, 0) is 53.5 Å². The lowest BCUT2D eigenvalue weighted by atomic mass is 10.1. The van der Waals surface area contributed by atoms with E-state index < -0.39 is 12.0 Å². The van der Waals surface area contributed by atoms with E-state index >= 15 is 0 Å². The van der Waals surface area contributed by atoms with Gasteiger partial charge in [0.2, 0.25) is 0 Å². The van der Waals surface area contributed by atoms with Crippen LogP contribution in [0.15, 0.2) is 24.3 Å². The van der Waals surface area contributed by atoms with Gasteiger partial charge in [-0.25, -0.2) is 4.79 Å². The number of carboxylic acid groups (broad SMARTS) is 1. The number of benzene rings is 1. The molecule has 6 heteroatoms. The Morgan fingerprint density at radius 1 is 1.30 bits per heavy atom. The van der Waals surface area contributed by atoms with Crippen molar-refractivity contribution in [2.24, 2.45) is 5.92 Å². The Kier molecular flexibility index (Phi) is 3.94. The molecule has 1 aliphatic heterocycles. The number of carbonyl (C=O) groups is 2. The normalized spacial score (nSPS) is 25.8. The summed E-state index contributed by atoms with van der Waals surface area (Å²) in [5.41, 5.74) is 0.604. The molecule has 0 spiro atoms. The molecule has 20 heavy (non-hydrogen) atoms. The quantitative estimate of drug-likeness (QED) is 0.789. The van der Waals surface area contributed by atoms with Gasteiger partial charge in [0.05, 0.1) is 10.9 Å². The van der Waals surface area contributed by atoms with Crippen LogP contribution >= 0.6 is 34.4 Å². The van der Waals surface area contributed by atoms with Gasteiger partial charge in [-0.1, -0.05) is 12.1 Å². The maximum atomic E-state index is 12.8. The van der Waals surface area contributed by atoms with Crippen molar-refractivity contribution >= 4 is 46.2 Å². The van der Waals surface area contributed by atoms with Crippen LogP contribution < -0.4 is 0 Å². The second-order valence-corrected chi connectivity index (χ2v) is 7.42. The van der Waals surface area contributed by atoms with E-state index in [1.807, 2.05) is 18.2 Å². The fourth-order valence-corrected chi connectivity index (χ4v) is 4.74. The Bertz CT molecular complexity index is 561. The van der Waals surface area contributed by atoms with Crippen molar-refractivity contribution < 1.29 is 14.7 Å².